The number of nitrogen functional groups attached to an aromatic ring is 1. The van der Waals surface area contributed by atoms with E-state index in [0.29, 0.717) is 11.1 Å². The summed E-state index contributed by atoms with van der Waals surface area (Å²) in [4.78, 5) is 26.0. The largest absolute Gasteiger partial charge is 0.453 e. The molecule has 3 aromatic carbocycles. The van der Waals surface area contributed by atoms with Gasteiger partial charge in [-0.1, -0.05) is 80.8 Å². The van der Waals surface area contributed by atoms with Crippen LogP contribution in [0.4, 0.5) is 10.5 Å². The van der Waals surface area contributed by atoms with Crippen LogP contribution in [-0.2, 0) is 19.6 Å². The van der Waals surface area contributed by atoms with Crippen molar-refractivity contribution < 1.29 is 42.9 Å². The minimum absolute atomic E-state index is 0.0124. The molecule has 0 bridgehead atoms. The molecule has 1 unspecified atom stereocenters. The normalized spacial score (nSPS) is 18.6. The Balaban J connectivity index is 1.89. The Labute approximate surface area is 276 Å². The third-order valence-corrected chi connectivity index (χ3v) is 8.67. The number of aliphatic hydroxyl groups is 1. The van der Waals surface area contributed by atoms with Gasteiger partial charge in [0.2, 0.25) is 15.9 Å². The van der Waals surface area contributed by atoms with Crippen molar-refractivity contribution in [2.75, 3.05) is 32.4 Å². The SMILES string of the molecule is [2H]C(N([C@H](CO)CCCCNC(=O)[C@@H](NC(=O)OC([2H])([2H])[2H])C(c1ccccc1)c1ccccc1)S(=O)(=O)c1ccc(N)cc1)C([2H])(C([2H])([2H])[2H])C([2H])([2H])[2H]. The molecule has 0 aliphatic heterocycles. The summed E-state index contributed by atoms with van der Waals surface area (Å²) in [6, 6.07) is 18.8. The number of sulfonamides is 1. The number of nitrogens with two attached hydrogens (primary N) is 1. The molecule has 11 heteroatoms. The lowest BCUT2D eigenvalue weighted by Crippen LogP contribution is -2.50. The fraction of sp³-hybridized carbons (Fsp3) is 0.394. The lowest BCUT2D eigenvalue weighted by atomic mass is 9.84. The number of rotatable bonds is 16. The molecule has 0 aliphatic rings. The maximum Gasteiger partial charge on any atom is 0.407 e. The van der Waals surface area contributed by atoms with E-state index < -0.39 is 84.7 Å². The van der Waals surface area contributed by atoms with Crippen LogP contribution in [0.1, 0.15) is 65.1 Å². The van der Waals surface area contributed by atoms with Gasteiger partial charge in [-0.2, -0.15) is 4.31 Å². The topological polar surface area (TPSA) is 151 Å². The molecule has 2 amide bonds. The van der Waals surface area contributed by atoms with E-state index in [4.69, 9.17) is 20.8 Å². The second-order valence-electron chi connectivity index (χ2n) is 9.88. The van der Waals surface area contributed by atoms with E-state index >= 15 is 0 Å². The summed E-state index contributed by atoms with van der Waals surface area (Å²) in [5, 5.41) is 15.4. The average molecular weight is 636 g/mol. The number of nitrogens with zero attached hydrogens (tertiary/aromatic N) is 1. The highest BCUT2D eigenvalue weighted by molar-refractivity contribution is 7.89. The van der Waals surface area contributed by atoms with Crippen molar-refractivity contribution >= 4 is 27.7 Å². The molecule has 0 radical (unpaired) electrons. The lowest BCUT2D eigenvalue weighted by Gasteiger charge is -2.31. The van der Waals surface area contributed by atoms with Crippen LogP contribution >= 0.6 is 0 Å². The molecule has 5 N–H and O–H groups in total. The molecule has 0 aromatic heterocycles. The van der Waals surface area contributed by atoms with Gasteiger partial charge in [-0.15, -0.1) is 0 Å². The Hall–Kier alpha value is -3.93. The fourth-order valence-corrected chi connectivity index (χ4v) is 6.27. The number of carbonyl (C=O) groups is 2. The van der Waals surface area contributed by atoms with E-state index in [1.54, 1.807) is 60.7 Å². The summed E-state index contributed by atoms with van der Waals surface area (Å²) in [6.07, 6.45) is -1.57. The monoisotopic (exact) mass is 635 g/mol. The summed E-state index contributed by atoms with van der Waals surface area (Å²) in [5.41, 5.74) is 7.05. The van der Waals surface area contributed by atoms with Crippen molar-refractivity contribution in [1.29, 1.82) is 0 Å². The molecular weight excluding hydrogens is 580 g/mol. The molecule has 44 heavy (non-hydrogen) atoms. The summed E-state index contributed by atoms with van der Waals surface area (Å²) in [5.74, 6) is -5.22. The molecule has 3 rings (SSSR count). The minimum atomic E-state index is -4.94. The van der Waals surface area contributed by atoms with Gasteiger partial charge in [0.1, 0.15) is 6.04 Å². The molecule has 0 fully saturated rings. The van der Waals surface area contributed by atoms with E-state index in [-0.39, 0.29) is 35.8 Å². The lowest BCUT2D eigenvalue weighted by molar-refractivity contribution is -0.123. The number of unbranched alkanes of at least 4 members (excludes halogenated alkanes) is 1. The Morgan fingerprint density at radius 1 is 1.00 bits per heavy atom. The van der Waals surface area contributed by atoms with Gasteiger partial charge in [-0.25, -0.2) is 13.2 Å². The van der Waals surface area contributed by atoms with Gasteiger partial charge in [-0.05, 0) is 54.1 Å². The Bertz CT molecular complexity index is 1760. The fourth-order valence-electron chi connectivity index (χ4n) is 4.74. The predicted octanol–water partition coefficient (Wildman–Crippen LogP) is 4.12. The molecule has 10 nitrogen and oxygen atoms in total. The number of carbonyl (C=O) groups excluding carboxylic acids is 2. The third-order valence-electron chi connectivity index (χ3n) is 6.85. The maximum absolute atomic E-state index is 14.0. The zero-order chi connectivity index (χ0) is 41.4. The van der Waals surface area contributed by atoms with Crippen molar-refractivity contribution in [3.63, 3.8) is 0 Å². The van der Waals surface area contributed by atoms with Crippen molar-refractivity contribution in [2.45, 2.75) is 55.9 Å². The molecule has 0 saturated heterocycles. The number of anilines is 1. The first kappa shape index (κ1) is 21.7. The average Bonchev–Trinajstić information content (AvgIpc) is 3.09. The number of aliphatic hydroxyl groups excluding tert-OH is 1. The second-order valence-corrected chi connectivity index (χ2v) is 11.7. The first-order chi connectivity index (χ1) is 25.5. The van der Waals surface area contributed by atoms with Crippen molar-refractivity contribution in [2.24, 2.45) is 5.89 Å². The molecule has 0 saturated carbocycles. The summed E-state index contributed by atoms with van der Waals surface area (Å²) in [7, 11) is -8.05. The Morgan fingerprint density at radius 2 is 1.61 bits per heavy atom. The summed E-state index contributed by atoms with van der Waals surface area (Å²) < 4.78 is 119. The Kier molecular flexibility index (Phi) is 8.29. The van der Waals surface area contributed by atoms with E-state index in [0.717, 1.165) is 12.1 Å². The van der Waals surface area contributed by atoms with E-state index in [9.17, 15) is 23.1 Å². The van der Waals surface area contributed by atoms with E-state index in [2.05, 4.69) is 15.4 Å². The molecule has 238 valence electrons. The van der Waals surface area contributed by atoms with Gasteiger partial charge in [-0.3, -0.25) is 4.79 Å². The number of amides is 2. The van der Waals surface area contributed by atoms with Crippen LogP contribution in [0.2, 0.25) is 0 Å². The number of methoxy groups -OCH3 is 1. The van der Waals surface area contributed by atoms with Gasteiger partial charge < -0.3 is 26.2 Å². The van der Waals surface area contributed by atoms with Crippen LogP contribution in [0, 0.1) is 5.89 Å². The van der Waals surface area contributed by atoms with Gasteiger partial charge >= 0.3 is 6.09 Å². The first-order valence-corrected chi connectivity index (χ1v) is 15.2. The standard InChI is InChI=1S/C33H44N4O6S/c1-24(2)22-37(44(41,42)29-19-17-27(34)18-20-29)28(23-38)16-10-11-21-35-32(39)31(36-33(40)43-3)30(25-12-6-4-7-13-25)26-14-8-5-9-15-26/h4-9,12-15,17-20,24,28,30-31,38H,10-11,16,21-23,34H2,1-3H3,(H,35,39)(H,36,40)/t28-,31-/m0/s1/i1D3,2D3,3D3,22D,24D/t22?,28-,31-. The predicted molar refractivity (Wildman–Crippen MR) is 171 cm³/mol. The van der Waals surface area contributed by atoms with Gasteiger partial charge in [0.05, 0.1) is 22.7 Å². The van der Waals surface area contributed by atoms with Gasteiger partial charge in [0, 0.05) is 41.7 Å². The van der Waals surface area contributed by atoms with Crippen LogP contribution < -0.4 is 16.4 Å². The molecule has 3 aromatic rings. The molecule has 0 aliphatic carbocycles. The first-order valence-electron chi connectivity index (χ1n) is 19.3. The molecular formula is C33H44N4O6S. The van der Waals surface area contributed by atoms with Crippen LogP contribution in [0.15, 0.2) is 89.8 Å². The summed E-state index contributed by atoms with van der Waals surface area (Å²) >= 11 is 0. The zero-order valence-corrected chi connectivity index (χ0v) is 24.7. The highest BCUT2D eigenvalue weighted by Gasteiger charge is 2.33. The molecule has 0 spiro atoms. The third kappa shape index (κ3) is 9.54. The van der Waals surface area contributed by atoms with Crippen LogP contribution in [0.25, 0.3) is 0 Å². The number of hydrogen-bond acceptors (Lipinski definition) is 7. The van der Waals surface area contributed by atoms with Gasteiger partial charge in [0.15, 0.2) is 0 Å². The number of benzene rings is 3. The number of alkyl carbamates (subject to hydrolysis) is 1. The molecule has 3 atom stereocenters. The van der Waals surface area contributed by atoms with E-state index in [1.807, 2.05) is 0 Å². The maximum atomic E-state index is 14.0. The highest BCUT2D eigenvalue weighted by Crippen LogP contribution is 2.29. The minimum Gasteiger partial charge on any atom is -0.453 e. The Morgan fingerprint density at radius 3 is 2.16 bits per heavy atom. The second kappa shape index (κ2) is 16.8. The number of ether oxygens (including phenoxy) is 1. The molecule has 0 heterocycles. The van der Waals surface area contributed by atoms with Gasteiger partial charge in [0.25, 0.3) is 0 Å². The quantitative estimate of drug-likeness (QED) is 0.137. The summed E-state index contributed by atoms with van der Waals surface area (Å²) in [6.45, 7) is -11.2. The smallest absolute Gasteiger partial charge is 0.407 e. The van der Waals surface area contributed by atoms with Crippen molar-refractivity contribution in [1.82, 2.24) is 14.9 Å². The van der Waals surface area contributed by atoms with Crippen LogP contribution in [-0.4, -0.2) is 68.6 Å². The highest BCUT2D eigenvalue weighted by atomic mass is 32.2. The number of hydrogen-bond donors (Lipinski definition) is 4. The van der Waals surface area contributed by atoms with Crippen molar-refractivity contribution in [3.8, 4) is 0 Å². The van der Waals surface area contributed by atoms with E-state index in [1.165, 1.54) is 12.1 Å². The van der Waals surface area contributed by atoms with Crippen LogP contribution in [0.5, 0.6) is 0 Å². The zero-order valence-electron chi connectivity index (χ0n) is 34.8. The number of nitrogens with one attached hydrogen (secondary N) is 2. The van der Waals surface area contributed by atoms with Crippen molar-refractivity contribution in [3.05, 3.63) is 96.1 Å². The van der Waals surface area contributed by atoms with Crippen LogP contribution in [0.3, 0.4) is 0 Å².